The van der Waals surface area contributed by atoms with Crippen molar-refractivity contribution in [3.63, 3.8) is 0 Å². The lowest BCUT2D eigenvalue weighted by atomic mass is 10.2. The molecule has 0 aliphatic heterocycles. The van der Waals surface area contributed by atoms with E-state index in [1.165, 1.54) is 0 Å². The molecule has 6 nitrogen and oxygen atoms in total. The first-order valence-corrected chi connectivity index (χ1v) is 6.56. The minimum absolute atomic E-state index is 0.0185. The van der Waals surface area contributed by atoms with Crippen LogP contribution in [0.15, 0.2) is 18.2 Å². The number of nitrogens with zero attached hydrogens (tertiary/aromatic N) is 4. The summed E-state index contributed by atoms with van der Waals surface area (Å²) in [5, 5.41) is 9.94. The number of anilines is 2. The summed E-state index contributed by atoms with van der Waals surface area (Å²) < 4.78 is 0. The maximum Gasteiger partial charge on any atom is 0.230 e. The van der Waals surface area contributed by atoms with Crippen molar-refractivity contribution in [1.82, 2.24) is 15.0 Å². The molecule has 0 aliphatic carbocycles. The molecule has 1 aromatic heterocycles. The van der Waals surface area contributed by atoms with Gasteiger partial charge in [-0.1, -0.05) is 23.2 Å². The maximum atomic E-state index is 8.95. The molecule has 0 aliphatic rings. The SMILES string of the molecule is CN(CCO)c1nc(N)nc(-c2cc(Cl)ccc2Cl)n1. The van der Waals surface area contributed by atoms with Gasteiger partial charge in [0, 0.05) is 24.2 Å². The van der Waals surface area contributed by atoms with Gasteiger partial charge in [-0.3, -0.25) is 0 Å². The summed E-state index contributed by atoms with van der Waals surface area (Å²) in [7, 11) is 1.74. The van der Waals surface area contributed by atoms with Crippen LogP contribution in [0.3, 0.4) is 0 Å². The summed E-state index contributed by atoms with van der Waals surface area (Å²) >= 11 is 12.1. The zero-order chi connectivity index (χ0) is 14.7. The lowest BCUT2D eigenvalue weighted by Crippen LogP contribution is -2.24. The lowest BCUT2D eigenvalue weighted by molar-refractivity contribution is 0.303. The van der Waals surface area contributed by atoms with Crippen molar-refractivity contribution in [2.24, 2.45) is 0 Å². The molecule has 3 N–H and O–H groups in total. The molecular formula is C12H13Cl2N5O. The van der Waals surface area contributed by atoms with Crippen molar-refractivity contribution in [2.75, 3.05) is 30.8 Å². The third-order valence-electron chi connectivity index (χ3n) is 2.59. The lowest BCUT2D eigenvalue weighted by Gasteiger charge is -2.16. The summed E-state index contributed by atoms with van der Waals surface area (Å²) in [6, 6.07) is 5.00. The molecule has 2 rings (SSSR count). The van der Waals surface area contributed by atoms with E-state index in [-0.39, 0.29) is 12.6 Å². The van der Waals surface area contributed by atoms with Gasteiger partial charge in [0.25, 0.3) is 0 Å². The Labute approximate surface area is 126 Å². The Kier molecular flexibility index (Phi) is 4.59. The largest absolute Gasteiger partial charge is 0.395 e. The van der Waals surface area contributed by atoms with E-state index in [1.54, 1.807) is 30.1 Å². The highest BCUT2D eigenvalue weighted by Crippen LogP contribution is 2.29. The number of aliphatic hydroxyl groups excluding tert-OH is 1. The molecular weight excluding hydrogens is 301 g/mol. The fourth-order valence-corrected chi connectivity index (χ4v) is 1.96. The number of benzene rings is 1. The Morgan fingerprint density at radius 1 is 1.25 bits per heavy atom. The second kappa shape index (κ2) is 6.21. The number of aromatic nitrogens is 3. The highest BCUT2D eigenvalue weighted by molar-refractivity contribution is 6.35. The fraction of sp³-hybridized carbons (Fsp3) is 0.250. The van der Waals surface area contributed by atoms with Gasteiger partial charge in [-0.2, -0.15) is 15.0 Å². The Bertz CT molecular complexity index is 623. The molecule has 0 saturated carbocycles. The zero-order valence-electron chi connectivity index (χ0n) is 10.7. The van der Waals surface area contributed by atoms with Gasteiger partial charge in [-0.25, -0.2) is 0 Å². The van der Waals surface area contributed by atoms with E-state index in [9.17, 15) is 0 Å². The van der Waals surface area contributed by atoms with Crippen molar-refractivity contribution in [3.05, 3.63) is 28.2 Å². The third kappa shape index (κ3) is 3.27. The van der Waals surface area contributed by atoms with Gasteiger partial charge in [0.05, 0.1) is 11.6 Å². The molecule has 8 heteroatoms. The number of halogens is 2. The minimum atomic E-state index is -0.0185. The van der Waals surface area contributed by atoms with E-state index >= 15 is 0 Å². The minimum Gasteiger partial charge on any atom is -0.395 e. The number of hydrogen-bond donors (Lipinski definition) is 2. The second-order valence-electron chi connectivity index (χ2n) is 4.09. The van der Waals surface area contributed by atoms with E-state index < -0.39 is 0 Å². The van der Waals surface area contributed by atoms with Crippen LogP contribution in [0.5, 0.6) is 0 Å². The first-order valence-electron chi connectivity index (χ1n) is 5.80. The summed E-state index contributed by atoms with van der Waals surface area (Å²) in [4.78, 5) is 14.1. The average Bonchev–Trinajstić information content (AvgIpc) is 2.41. The Balaban J connectivity index is 2.49. The molecule has 0 atom stereocenters. The fourth-order valence-electron chi connectivity index (χ4n) is 1.59. The third-order valence-corrected chi connectivity index (χ3v) is 3.15. The van der Waals surface area contributed by atoms with Gasteiger partial charge in [0.1, 0.15) is 0 Å². The number of hydrogen-bond acceptors (Lipinski definition) is 6. The van der Waals surface area contributed by atoms with E-state index in [4.69, 9.17) is 34.0 Å². The molecule has 2 aromatic rings. The summed E-state index contributed by atoms with van der Waals surface area (Å²) in [5.74, 6) is 0.771. The van der Waals surface area contributed by atoms with Gasteiger partial charge >= 0.3 is 0 Å². The normalized spacial score (nSPS) is 10.6. The number of nitrogen functional groups attached to an aromatic ring is 1. The molecule has 0 saturated heterocycles. The smallest absolute Gasteiger partial charge is 0.230 e. The molecule has 0 bridgehead atoms. The van der Waals surface area contributed by atoms with E-state index in [1.807, 2.05) is 0 Å². The molecule has 0 spiro atoms. The molecule has 1 heterocycles. The highest BCUT2D eigenvalue weighted by atomic mass is 35.5. The van der Waals surface area contributed by atoms with Crippen LogP contribution in [-0.2, 0) is 0 Å². The van der Waals surface area contributed by atoms with Gasteiger partial charge < -0.3 is 15.7 Å². The van der Waals surface area contributed by atoms with Crippen LogP contribution < -0.4 is 10.6 Å². The first kappa shape index (κ1) is 14.8. The predicted molar refractivity (Wildman–Crippen MR) is 80.1 cm³/mol. The summed E-state index contributed by atoms with van der Waals surface area (Å²) in [6.45, 7) is 0.363. The average molecular weight is 314 g/mol. The standard InChI is InChI=1S/C12H13Cl2N5O/c1-19(4-5-20)12-17-10(16-11(15)18-12)8-6-7(13)2-3-9(8)14/h2-3,6,20H,4-5H2,1H3,(H2,15,16,17,18). The Morgan fingerprint density at radius 3 is 2.70 bits per heavy atom. The quantitative estimate of drug-likeness (QED) is 0.895. The van der Waals surface area contributed by atoms with Gasteiger partial charge in [0.2, 0.25) is 11.9 Å². The van der Waals surface area contributed by atoms with Crippen molar-refractivity contribution < 1.29 is 5.11 Å². The van der Waals surface area contributed by atoms with Crippen molar-refractivity contribution >= 4 is 35.1 Å². The van der Waals surface area contributed by atoms with Crippen LogP contribution in [0.2, 0.25) is 10.0 Å². The number of likely N-dealkylation sites (N-methyl/N-ethyl adjacent to an activating group) is 1. The van der Waals surface area contributed by atoms with Crippen LogP contribution >= 0.6 is 23.2 Å². The topological polar surface area (TPSA) is 88.2 Å². The zero-order valence-corrected chi connectivity index (χ0v) is 12.2. The Morgan fingerprint density at radius 2 is 2.00 bits per heavy atom. The van der Waals surface area contributed by atoms with E-state index in [0.717, 1.165) is 0 Å². The van der Waals surface area contributed by atoms with Gasteiger partial charge in [-0.15, -0.1) is 0 Å². The van der Waals surface area contributed by atoms with Gasteiger partial charge in [-0.05, 0) is 18.2 Å². The van der Waals surface area contributed by atoms with Crippen LogP contribution in [0, 0.1) is 0 Å². The number of aliphatic hydroxyl groups is 1. The summed E-state index contributed by atoms with van der Waals surface area (Å²) in [6.07, 6.45) is 0. The molecule has 106 valence electrons. The van der Waals surface area contributed by atoms with Crippen molar-refractivity contribution in [3.8, 4) is 11.4 Å². The number of rotatable bonds is 4. The molecule has 20 heavy (non-hydrogen) atoms. The van der Waals surface area contributed by atoms with Crippen LogP contribution in [0.1, 0.15) is 0 Å². The Hall–Kier alpha value is -1.63. The van der Waals surface area contributed by atoms with Crippen LogP contribution in [-0.4, -0.2) is 40.3 Å². The molecule has 0 amide bonds. The van der Waals surface area contributed by atoms with Gasteiger partial charge in [0.15, 0.2) is 5.82 Å². The van der Waals surface area contributed by atoms with E-state index in [2.05, 4.69) is 15.0 Å². The van der Waals surface area contributed by atoms with Crippen molar-refractivity contribution in [2.45, 2.75) is 0 Å². The molecule has 1 aromatic carbocycles. The van der Waals surface area contributed by atoms with Crippen LogP contribution in [0.4, 0.5) is 11.9 Å². The predicted octanol–water partition coefficient (Wildman–Crippen LogP) is 1.86. The monoisotopic (exact) mass is 313 g/mol. The molecule has 0 radical (unpaired) electrons. The second-order valence-corrected chi connectivity index (χ2v) is 4.93. The molecule has 0 unspecified atom stereocenters. The molecule has 0 fully saturated rings. The van der Waals surface area contributed by atoms with E-state index in [0.29, 0.717) is 33.9 Å². The highest BCUT2D eigenvalue weighted by Gasteiger charge is 2.13. The summed E-state index contributed by atoms with van der Waals surface area (Å²) in [5.41, 5.74) is 6.27. The first-order chi connectivity index (χ1) is 9.51. The van der Waals surface area contributed by atoms with Crippen LogP contribution in [0.25, 0.3) is 11.4 Å². The number of nitrogens with two attached hydrogens (primary N) is 1. The van der Waals surface area contributed by atoms with Crippen molar-refractivity contribution in [1.29, 1.82) is 0 Å². The maximum absolute atomic E-state index is 8.95.